The third-order valence-corrected chi connectivity index (χ3v) is 5.02. The summed E-state index contributed by atoms with van der Waals surface area (Å²) in [7, 11) is 0. The summed E-state index contributed by atoms with van der Waals surface area (Å²) in [5.41, 5.74) is 0.293. The Bertz CT molecular complexity index is 872. The largest absolute Gasteiger partial charge is 0.419 e. The normalized spacial score (nSPS) is 17.1. The molecule has 1 N–H and O–H groups in total. The van der Waals surface area contributed by atoms with Crippen molar-refractivity contribution in [2.45, 2.75) is 25.4 Å². The Kier molecular flexibility index (Phi) is 3.89. The van der Waals surface area contributed by atoms with Gasteiger partial charge in [0.2, 0.25) is 0 Å². The molecule has 1 saturated carbocycles. The van der Waals surface area contributed by atoms with Crippen molar-refractivity contribution in [2.75, 3.05) is 16.8 Å². The molecule has 1 aromatic heterocycles. The predicted molar refractivity (Wildman–Crippen MR) is 92.1 cm³/mol. The van der Waals surface area contributed by atoms with Gasteiger partial charge in [0.1, 0.15) is 11.6 Å². The Morgan fingerprint density at radius 1 is 1.19 bits per heavy atom. The Morgan fingerprint density at radius 2 is 1.96 bits per heavy atom. The number of alkyl halides is 3. The summed E-state index contributed by atoms with van der Waals surface area (Å²) >= 11 is 0. The molecule has 0 bridgehead atoms. The molecule has 0 atom stereocenters. The van der Waals surface area contributed by atoms with Crippen LogP contribution in [0.15, 0.2) is 42.9 Å². The Balaban J connectivity index is 1.70. The number of nitrogens with one attached hydrogen (secondary N) is 1. The van der Waals surface area contributed by atoms with Crippen LogP contribution < -0.4 is 10.2 Å². The minimum Gasteiger partial charge on any atom is -0.325 e. The molecule has 1 fully saturated rings. The van der Waals surface area contributed by atoms with E-state index in [9.17, 15) is 17.6 Å². The average molecular weight is 363 g/mol. The number of hydrogen-bond acceptors (Lipinski definition) is 3. The van der Waals surface area contributed by atoms with E-state index >= 15 is 0 Å². The van der Waals surface area contributed by atoms with Crippen LogP contribution in [0, 0.1) is 11.7 Å². The summed E-state index contributed by atoms with van der Waals surface area (Å²) in [5.74, 6) is 0.658. The van der Waals surface area contributed by atoms with Crippen LogP contribution in [0.2, 0.25) is 0 Å². The number of anilines is 2. The van der Waals surface area contributed by atoms with Gasteiger partial charge in [0, 0.05) is 18.3 Å². The molecule has 7 heteroatoms. The molecule has 1 aromatic carbocycles. The van der Waals surface area contributed by atoms with Crippen molar-refractivity contribution >= 4 is 11.5 Å². The number of hydrogen-bond donors (Lipinski definition) is 1. The third kappa shape index (κ3) is 2.91. The van der Waals surface area contributed by atoms with E-state index < -0.39 is 17.6 Å². The Labute approximate surface area is 148 Å². The first-order valence-corrected chi connectivity index (χ1v) is 8.43. The topological polar surface area (TPSA) is 28.2 Å². The van der Waals surface area contributed by atoms with Crippen LogP contribution in [-0.4, -0.2) is 11.5 Å². The molecule has 2 heterocycles. The molecule has 0 spiro atoms. The highest BCUT2D eigenvalue weighted by Crippen LogP contribution is 2.40. The van der Waals surface area contributed by atoms with Gasteiger partial charge in [-0.3, -0.25) is 0 Å². The fourth-order valence-corrected chi connectivity index (χ4v) is 3.33. The quantitative estimate of drug-likeness (QED) is 0.739. The standard InChI is InChI=1S/C19H17F4N3/c1-11-25-18-17(26(11)10-12-3-2-4-12)8-14(9-24-18)13-5-6-16(20)15(7-13)19(21,22)23/h5-9,12H,1-4,10H2,(H,24,25). The second kappa shape index (κ2) is 6.00. The lowest BCUT2D eigenvalue weighted by Gasteiger charge is -2.31. The van der Waals surface area contributed by atoms with Gasteiger partial charge in [-0.15, -0.1) is 0 Å². The lowest BCUT2D eigenvalue weighted by Crippen LogP contribution is -2.30. The van der Waals surface area contributed by atoms with Crippen LogP contribution in [-0.2, 0) is 6.18 Å². The number of fused-ring (bicyclic) bond motifs is 1. The molecule has 0 unspecified atom stereocenters. The molecule has 1 aliphatic carbocycles. The first-order valence-electron chi connectivity index (χ1n) is 8.43. The van der Waals surface area contributed by atoms with Crippen LogP contribution in [0.25, 0.3) is 11.1 Å². The summed E-state index contributed by atoms with van der Waals surface area (Å²) in [6, 6.07) is 4.78. The van der Waals surface area contributed by atoms with Crippen LogP contribution in [0.4, 0.5) is 29.1 Å². The van der Waals surface area contributed by atoms with E-state index in [0.29, 0.717) is 23.1 Å². The number of benzene rings is 1. The van der Waals surface area contributed by atoms with Gasteiger partial charge in [0.15, 0.2) is 5.82 Å². The predicted octanol–water partition coefficient (Wildman–Crippen LogP) is 5.41. The van der Waals surface area contributed by atoms with Gasteiger partial charge >= 0.3 is 6.18 Å². The van der Waals surface area contributed by atoms with E-state index in [-0.39, 0.29) is 5.56 Å². The molecule has 1 aliphatic heterocycles. The van der Waals surface area contributed by atoms with Gasteiger partial charge in [-0.2, -0.15) is 13.2 Å². The number of pyridine rings is 1. The molecule has 2 aliphatic rings. The second-order valence-electron chi connectivity index (χ2n) is 6.76. The fourth-order valence-electron chi connectivity index (χ4n) is 3.33. The van der Waals surface area contributed by atoms with Gasteiger partial charge < -0.3 is 10.2 Å². The van der Waals surface area contributed by atoms with Crippen LogP contribution >= 0.6 is 0 Å². The highest BCUT2D eigenvalue weighted by Gasteiger charge is 2.34. The highest BCUT2D eigenvalue weighted by molar-refractivity contribution is 5.82. The van der Waals surface area contributed by atoms with Crippen molar-refractivity contribution < 1.29 is 17.6 Å². The maximum Gasteiger partial charge on any atom is 0.419 e. The van der Waals surface area contributed by atoms with Crippen LogP contribution in [0.3, 0.4) is 0 Å². The van der Waals surface area contributed by atoms with Crippen molar-refractivity contribution in [3.05, 3.63) is 54.2 Å². The number of rotatable bonds is 3. The lowest BCUT2D eigenvalue weighted by atomic mass is 9.85. The molecule has 3 nitrogen and oxygen atoms in total. The molecular formula is C19H17F4N3. The van der Waals surface area contributed by atoms with E-state index in [2.05, 4.69) is 16.9 Å². The van der Waals surface area contributed by atoms with Gasteiger partial charge in [0.25, 0.3) is 0 Å². The van der Waals surface area contributed by atoms with Crippen molar-refractivity contribution in [1.29, 1.82) is 0 Å². The zero-order valence-corrected chi connectivity index (χ0v) is 13.9. The number of nitrogens with zero attached hydrogens (tertiary/aromatic N) is 2. The molecular weight excluding hydrogens is 346 g/mol. The molecule has 4 rings (SSSR count). The second-order valence-corrected chi connectivity index (χ2v) is 6.76. The smallest absolute Gasteiger partial charge is 0.325 e. The van der Waals surface area contributed by atoms with Crippen LogP contribution in [0.5, 0.6) is 0 Å². The zero-order chi connectivity index (χ0) is 18.5. The van der Waals surface area contributed by atoms with Crippen molar-refractivity contribution in [1.82, 2.24) is 4.98 Å². The number of aromatic nitrogens is 1. The van der Waals surface area contributed by atoms with Gasteiger partial charge in [-0.25, -0.2) is 9.37 Å². The third-order valence-electron chi connectivity index (χ3n) is 5.02. The minimum atomic E-state index is -4.74. The van der Waals surface area contributed by atoms with Gasteiger partial charge in [-0.1, -0.05) is 19.1 Å². The van der Waals surface area contributed by atoms with E-state index in [1.165, 1.54) is 31.5 Å². The summed E-state index contributed by atoms with van der Waals surface area (Å²) in [6.45, 7) is 4.81. The Hall–Kier alpha value is -2.57. The monoisotopic (exact) mass is 363 g/mol. The summed E-state index contributed by atoms with van der Waals surface area (Å²) in [5, 5.41) is 3.10. The first kappa shape index (κ1) is 16.9. The number of halogens is 4. The van der Waals surface area contributed by atoms with Crippen molar-refractivity contribution in [3.8, 4) is 11.1 Å². The molecule has 26 heavy (non-hydrogen) atoms. The molecule has 0 saturated heterocycles. The molecule has 0 radical (unpaired) electrons. The fraction of sp³-hybridized carbons (Fsp3) is 0.316. The minimum absolute atomic E-state index is 0.273. The first-order chi connectivity index (χ1) is 12.3. The van der Waals surface area contributed by atoms with Crippen molar-refractivity contribution in [3.63, 3.8) is 0 Å². The van der Waals surface area contributed by atoms with E-state index in [1.807, 2.05) is 4.90 Å². The SMILES string of the molecule is C=C1Nc2ncc(-c3ccc(F)c(C(F)(F)F)c3)cc2N1CC1CCC1. The zero-order valence-electron chi connectivity index (χ0n) is 13.9. The Morgan fingerprint density at radius 3 is 2.62 bits per heavy atom. The lowest BCUT2D eigenvalue weighted by molar-refractivity contribution is -0.139. The maximum atomic E-state index is 13.5. The highest BCUT2D eigenvalue weighted by atomic mass is 19.4. The summed E-state index contributed by atoms with van der Waals surface area (Å²) in [4.78, 5) is 6.33. The average Bonchev–Trinajstić information content (AvgIpc) is 2.85. The van der Waals surface area contributed by atoms with Crippen LogP contribution in [0.1, 0.15) is 24.8 Å². The summed E-state index contributed by atoms with van der Waals surface area (Å²) in [6.07, 6.45) is 0.299. The van der Waals surface area contributed by atoms with Crippen molar-refractivity contribution in [2.24, 2.45) is 5.92 Å². The van der Waals surface area contributed by atoms with E-state index in [4.69, 9.17) is 0 Å². The van der Waals surface area contributed by atoms with Gasteiger partial charge in [0.05, 0.1) is 11.3 Å². The molecule has 0 amide bonds. The van der Waals surface area contributed by atoms with E-state index in [0.717, 1.165) is 24.4 Å². The molecule has 136 valence electrons. The summed E-state index contributed by atoms with van der Waals surface area (Å²) < 4.78 is 52.5. The van der Waals surface area contributed by atoms with E-state index in [1.54, 1.807) is 6.07 Å². The van der Waals surface area contributed by atoms with Gasteiger partial charge in [-0.05, 0) is 42.5 Å². The molecule has 2 aromatic rings. The maximum absolute atomic E-state index is 13.5.